The van der Waals surface area contributed by atoms with E-state index in [1.807, 2.05) is 54.8 Å². The van der Waals surface area contributed by atoms with Crippen LogP contribution >= 0.6 is 10.6 Å². The van der Waals surface area contributed by atoms with E-state index in [0.717, 1.165) is 0 Å². The molecule has 0 radical (unpaired) electrons. The first-order chi connectivity index (χ1) is 13.6. The number of hydrogen-bond acceptors (Lipinski definition) is 6. The van der Waals surface area contributed by atoms with Crippen molar-refractivity contribution in [1.29, 1.82) is 0 Å². The third-order valence-electron chi connectivity index (χ3n) is 3.89. The van der Waals surface area contributed by atoms with Crippen LogP contribution in [0.25, 0.3) is 0 Å². The summed E-state index contributed by atoms with van der Waals surface area (Å²) in [5, 5.41) is 20.3. The maximum Gasteiger partial charge on any atom is 0.243 e. The smallest absolute Gasteiger partial charge is 0.243 e. The Bertz CT molecular complexity index is 481. The number of aliphatic hydroxyl groups excluding tert-OH is 2. The van der Waals surface area contributed by atoms with Crippen LogP contribution in [-0.4, -0.2) is 142 Å². The SMILES string of the molecule is C[N+](C)(C)CC(O)COC[Si](C)(C)OS(C)(C)O[Si](C)(C)COCC(O)C[N+](C)(C)C. The zero-order valence-electron chi connectivity index (χ0n) is 22.2. The van der Waals surface area contributed by atoms with E-state index in [1.54, 1.807) is 0 Å². The molecule has 2 N–H and O–H groups in total. The Morgan fingerprint density at radius 1 is 0.677 bits per heavy atom. The summed E-state index contributed by atoms with van der Waals surface area (Å²) >= 11 is 0. The van der Waals surface area contributed by atoms with Crippen LogP contribution in [-0.2, 0) is 17.2 Å². The lowest BCUT2D eigenvalue weighted by Crippen LogP contribution is -2.46. The van der Waals surface area contributed by atoms with Crippen LogP contribution in [0.15, 0.2) is 0 Å². The summed E-state index contributed by atoms with van der Waals surface area (Å²) in [6, 6.07) is 0. The quantitative estimate of drug-likeness (QED) is 0.245. The van der Waals surface area contributed by atoms with Crippen molar-refractivity contribution in [1.82, 2.24) is 0 Å². The highest BCUT2D eigenvalue weighted by molar-refractivity contribution is 8.26. The molecule has 8 nitrogen and oxygen atoms in total. The predicted octanol–water partition coefficient (Wildman–Crippen LogP) is 1.57. The fourth-order valence-electron chi connectivity index (χ4n) is 3.40. The highest BCUT2D eigenvalue weighted by Gasteiger charge is 2.35. The van der Waals surface area contributed by atoms with Gasteiger partial charge in [0.15, 0.2) is 0 Å². The molecule has 0 aliphatic rings. The van der Waals surface area contributed by atoms with E-state index in [0.29, 0.717) is 47.7 Å². The fraction of sp³-hybridized carbons (Fsp3) is 1.00. The van der Waals surface area contributed by atoms with E-state index in [2.05, 4.69) is 26.2 Å². The predicted molar refractivity (Wildman–Crippen MR) is 136 cm³/mol. The maximum atomic E-state index is 10.1. The van der Waals surface area contributed by atoms with Crippen LogP contribution in [0.5, 0.6) is 0 Å². The van der Waals surface area contributed by atoms with E-state index < -0.39 is 39.4 Å². The summed E-state index contributed by atoms with van der Waals surface area (Å²) in [4.78, 5) is 0. The van der Waals surface area contributed by atoms with Crippen LogP contribution in [0.4, 0.5) is 0 Å². The van der Waals surface area contributed by atoms with Gasteiger partial charge in [-0.3, -0.25) is 0 Å². The third-order valence-corrected chi connectivity index (χ3v) is 12.5. The number of ether oxygens (including phenoxy) is 2. The molecule has 0 saturated carbocycles. The average molecular weight is 505 g/mol. The van der Waals surface area contributed by atoms with Gasteiger partial charge in [-0.1, -0.05) is 0 Å². The lowest BCUT2D eigenvalue weighted by Gasteiger charge is -2.46. The Kier molecular flexibility index (Phi) is 12.4. The maximum absolute atomic E-state index is 10.1. The Balaban J connectivity index is 4.50. The molecule has 0 fully saturated rings. The van der Waals surface area contributed by atoms with Gasteiger partial charge in [0.05, 0.1) is 68.0 Å². The van der Waals surface area contributed by atoms with Crippen LogP contribution in [0.1, 0.15) is 0 Å². The van der Waals surface area contributed by atoms with Crippen molar-refractivity contribution in [2.75, 3.05) is 93.6 Å². The van der Waals surface area contributed by atoms with E-state index in [9.17, 15) is 10.2 Å². The molecule has 0 saturated heterocycles. The molecular weight excluding hydrogens is 452 g/mol. The molecular formula is C20H52N2O6SSi2+2. The lowest BCUT2D eigenvalue weighted by molar-refractivity contribution is -0.873. The molecule has 0 spiro atoms. The first-order valence-corrected chi connectivity index (χ1v) is 19.4. The highest BCUT2D eigenvalue weighted by atomic mass is 32.3. The van der Waals surface area contributed by atoms with Gasteiger partial charge in [0.2, 0.25) is 16.6 Å². The van der Waals surface area contributed by atoms with Crippen molar-refractivity contribution in [3.8, 4) is 0 Å². The van der Waals surface area contributed by atoms with Gasteiger partial charge in [0.25, 0.3) is 0 Å². The van der Waals surface area contributed by atoms with Gasteiger partial charge in [-0.25, -0.2) is 10.6 Å². The molecule has 0 rings (SSSR count). The number of rotatable bonds is 16. The molecule has 31 heavy (non-hydrogen) atoms. The molecule has 0 aromatic carbocycles. The minimum Gasteiger partial charge on any atom is -0.385 e. The van der Waals surface area contributed by atoms with Gasteiger partial charge >= 0.3 is 0 Å². The minimum absolute atomic E-state index is 0.315. The molecule has 0 heterocycles. The van der Waals surface area contributed by atoms with Crippen LogP contribution in [0.2, 0.25) is 26.2 Å². The Labute approximate surface area is 195 Å². The van der Waals surface area contributed by atoms with Crippen LogP contribution < -0.4 is 0 Å². The molecule has 0 aliphatic carbocycles. The Morgan fingerprint density at radius 3 is 1.23 bits per heavy atom. The summed E-state index contributed by atoms with van der Waals surface area (Å²) in [5.74, 6) is 0. The largest absolute Gasteiger partial charge is 0.385 e. The Morgan fingerprint density at radius 2 is 0.968 bits per heavy atom. The summed E-state index contributed by atoms with van der Waals surface area (Å²) in [5.41, 5.74) is 0. The number of aliphatic hydroxyl groups is 2. The van der Waals surface area contributed by atoms with Crippen LogP contribution in [0.3, 0.4) is 0 Å². The van der Waals surface area contributed by atoms with E-state index in [4.69, 9.17) is 17.2 Å². The van der Waals surface area contributed by atoms with Gasteiger partial charge in [0.1, 0.15) is 25.3 Å². The molecule has 0 aromatic rings. The monoisotopic (exact) mass is 504 g/mol. The first-order valence-electron chi connectivity index (χ1n) is 10.9. The number of hydrogen-bond donors (Lipinski definition) is 2. The molecule has 2 atom stereocenters. The first kappa shape index (κ1) is 31.5. The van der Waals surface area contributed by atoms with Crippen molar-refractivity contribution < 1.29 is 36.4 Å². The molecule has 0 amide bonds. The zero-order chi connectivity index (χ0) is 24.7. The topological polar surface area (TPSA) is 77.4 Å². The van der Waals surface area contributed by atoms with E-state index in [1.165, 1.54) is 0 Å². The van der Waals surface area contributed by atoms with Crippen molar-refractivity contribution in [2.45, 2.75) is 38.4 Å². The number of likely N-dealkylation sites (N-methyl/N-ethyl adjacent to an activating group) is 2. The summed E-state index contributed by atoms with van der Waals surface area (Å²) in [6.07, 6.45) is 4.09. The molecule has 11 heteroatoms. The second-order valence-electron chi connectivity index (χ2n) is 12.1. The van der Waals surface area contributed by atoms with Gasteiger partial charge < -0.3 is 36.4 Å². The normalized spacial score (nSPS) is 17.0. The molecule has 2 unspecified atom stereocenters. The van der Waals surface area contributed by atoms with Crippen molar-refractivity contribution in [3.05, 3.63) is 0 Å². The number of quaternary nitrogens is 2. The fourth-order valence-corrected chi connectivity index (χ4v) is 14.1. The van der Waals surface area contributed by atoms with Crippen LogP contribution in [0, 0.1) is 0 Å². The summed E-state index contributed by atoms with van der Waals surface area (Å²) in [6.45, 7) is 10.4. The van der Waals surface area contributed by atoms with E-state index >= 15 is 0 Å². The van der Waals surface area contributed by atoms with Gasteiger partial charge in [-0.2, -0.15) is 0 Å². The van der Waals surface area contributed by atoms with Crippen molar-refractivity contribution in [3.63, 3.8) is 0 Å². The number of nitrogens with zero attached hydrogens (tertiary/aromatic N) is 2. The second-order valence-corrected chi connectivity index (χ2v) is 23.3. The third kappa shape index (κ3) is 18.6. The highest BCUT2D eigenvalue weighted by Crippen LogP contribution is 2.47. The molecule has 0 bridgehead atoms. The molecule has 0 aromatic heterocycles. The van der Waals surface area contributed by atoms with E-state index in [-0.39, 0.29) is 0 Å². The molecule has 190 valence electrons. The van der Waals surface area contributed by atoms with Gasteiger partial charge in [-0.15, -0.1) is 0 Å². The molecule has 0 aliphatic heterocycles. The second kappa shape index (κ2) is 12.2. The minimum atomic E-state index is -2.13. The average Bonchev–Trinajstić information content (AvgIpc) is 2.39. The summed E-state index contributed by atoms with van der Waals surface area (Å²) in [7, 11) is 6.32. The van der Waals surface area contributed by atoms with Crippen molar-refractivity contribution in [2.24, 2.45) is 0 Å². The lowest BCUT2D eigenvalue weighted by atomic mass is 10.3. The van der Waals surface area contributed by atoms with Gasteiger partial charge in [-0.05, 0) is 26.2 Å². The summed E-state index contributed by atoms with van der Waals surface area (Å²) < 4.78 is 25.9. The van der Waals surface area contributed by atoms with Gasteiger partial charge in [0, 0.05) is 12.5 Å². The standard InChI is InChI=1S/C20H52N2O6SSi2/c1-21(2,3)13-19(23)15-25-17-30(9,10)27-29(7,8)28-31(11,12)18-26-16-20(24)14-22(4,5)6/h19-20,23-24H,13-18H2,1-12H3/q+2. The van der Waals surface area contributed by atoms with Crippen molar-refractivity contribution >= 4 is 27.2 Å². The zero-order valence-corrected chi connectivity index (χ0v) is 25.0. The Hall–Kier alpha value is 0.464.